The molecular weight excluding hydrogens is 283 g/mol. The quantitative estimate of drug-likeness (QED) is 0.917. The molecule has 1 N–H and O–H groups in total. The lowest BCUT2D eigenvalue weighted by Crippen LogP contribution is -2.36. The Morgan fingerprint density at radius 3 is 2.71 bits per heavy atom. The van der Waals surface area contributed by atoms with E-state index in [1.54, 1.807) is 6.07 Å². The maximum atomic E-state index is 13.1. The number of aliphatic hydroxyl groups is 1. The minimum atomic E-state index is -4.27. The monoisotopic (exact) mass is 303 g/mol. The van der Waals surface area contributed by atoms with Crippen LogP contribution in [0.2, 0.25) is 0 Å². The van der Waals surface area contributed by atoms with Crippen molar-refractivity contribution < 1.29 is 23.0 Å². The predicted molar refractivity (Wildman–Crippen MR) is 71.9 cm³/mol. The maximum Gasteiger partial charge on any atom is 0.392 e. The number of aromatic nitrogens is 1. The first kappa shape index (κ1) is 16.1. The van der Waals surface area contributed by atoms with E-state index in [1.165, 1.54) is 12.4 Å². The number of rotatable bonds is 4. The molecule has 3 nitrogen and oxygen atoms in total. The number of aliphatic hydroxyl groups excluding tert-OH is 1. The summed E-state index contributed by atoms with van der Waals surface area (Å²) in [5.74, 6) is -1.79. The van der Waals surface area contributed by atoms with Gasteiger partial charge in [0.25, 0.3) is 0 Å². The third-order valence-corrected chi connectivity index (χ3v) is 4.03. The number of alkyl halides is 3. The minimum Gasteiger partial charge on any atom is -0.492 e. The highest BCUT2D eigenvalue weighted by Gasteiger charge is 2.47. The lowest BCUT2D eigenvalue weighted by molar-refractivity contribution is -0.207. The highest BCUT2D eigenvalue weighted by Crippen LogP contribution is 2.46. The van der Waals surface area contributed by atoms with Crippen LogP contribution >= 0.6 is 0 Å². The Morgan fingerprint density at radius 1 is 1.33 bits per heavy atom. The molecule has 2 rings (SSSR count). The molecule has 6 heteroatoms. The molecule has 1 aliphatic carbocycles. The minimum absolute atomic E-state index is 0.0871. The van der Waals surface area contributed by atoms with Gasteiger partial charge in [-0.2, -0.15) is 13.2 Å². The average Bonchev–Trinajstić information content (AvgIpc) is 2.46. The summed E-state index contributed by atoms with van der Waals surface area (Å²) < 4.78 is 44.6. The van der Waals surface area contributed by atoms with E-state index in [1.807, 2.05) is 6.92 Å². The standard InChI is InChI=1S/C15H20F3NO2/c1-2-21-11-7-10(8-19-9-11)14(20)12-5-3-4-6-13(12)15(16,17)18/h7-9,12-14,20H,2-6H2,1H3. The SMILES string of the molecule is CCOc1cncc(C(O)C2CCCCC2C(F)(F)F)c1. The van der Waals surface area contributed by atoms with Crippen molar-refractivity contribution in [3.05, 3.63) is 24.0 Å². The molecule has 3 unspecified atom stereocenters. The Kier molecular flexibility index (Phi) is 5.08. The zero-order valence-electron chi connectivity index (χ0n) is 11.9. The van der Waals surface area contributed by atoms with Crippen LogP contribution in [0.5, 0.6) is 5.75 Å². The van der Waals surface area contributed by atoms with Gasteiger partial charge in [-0.1, -0.05) is 12.8 Å². The van der Waals surface area contributed by atoms with Gasteiger partial charge in [0.2, 0.25) is 0 Å². The van der Waals surface area contributed by atoms with Crippen molar-refractivity contribution >= 4 is 0 Å². The van der Waals surface area contributed by atoms with Crippen LogP contribution in [-0.2, 0) is 0 Å². The zero-order chi connectivity index (χ0) is 15.5. The molecule has 0 saturated heterocycles. The largest absolute Gasteiger partial charge is 0.492 e. The molecule has 1 aromatic heterocycles. The Balaban J connectivity index is 2.20. The van der Waals surface area contributed by atoms with Crippen molar-refractivity contribution in [2.45, 2.75) is 44.9 Å². The summed E-state index contributed by atoms with van der Waals surface area (Å²) in [6.45, 7) is 2.25. The summed E-state index contributed by atoms with van der Waals surface area (Å²) in [6.07, 6.45) is -0.788. The predicted octanol–water partition coefficient (Wildman–Crippen LogP) is 3.88. The van der Waals surface area contributed by atoms with Crippen molar-refractivity contribution in [2.24, 2.45) is 11.8 Å². The summed E-state index contributed by atoms with van der Waals surface area (Å²) in [5.41, 5.74) is 0.391. The van der Waals surface area contributed by atoms with Crippen molar-refractivity contribution in [1.29, 1.82) is 0 Å². The summed E-state index contributed by atoms with van der Waals surface area (Å²) in [4.78, 5) is 3.94. The highest BCUT2D eigenvalue weighted by molar-refractivity contribution is 5.25. The molecule has 0 bridgehead atoms. The number of ether oxygens (including phenoxy) is 1. The summed E-state index contributed by atoms with van der Waals surface area (Å²) in [7, 11) is 0. The fourth-order valence-corrected chi connectivity index (χ4v) is 3.03. The molecular formula is C15H20F3NO2. The van der Waals surface area contributed by atoms with Crippen molar-refractivity contribution in [3.63, 3.8) is 0 Å². The summed E-state index contributed by atoms with van der Waals surface area (Å²) in [6, 6.07) is 1.57. The van der Waals surface area contributed by atoms with E-state index in [-0.39, 0.29) is 6.42 Å². The van der Waals surface area contributed by atoms with Crippen LogP contribution in [0.1, 0.15) is 44.3 Å². The number of nitrogens with zero attached hydrogens (tertiary/aromatic N) is 1. The fraction of sp³-hybridized carbons (Fsp3) is 0.667. The number of hydrogen-bond donors (Lipinski definition) is 1. The molecule has 0 aromatic carbocycles. The summed E-state index contributed by atoms with van der Waals surface area (Å²) in [5, 5.41) is 10.4. The van der Waals surface area contributed by atoms with E-state index in [0.717, 1.165) is 0 Å². The molecule has 0 amide bonds. The van der Waals surface area contributed by atoms with Gasteiger partial charge in [-0.3, -0.25) is 4.98 Å². The van der Waals surface area contributed by atoms with Crippen LogP contribution in [0.25, 0.3) is 0 Å². The van der Waals surface area contributed by atoms with Crippen molar-refractivity contribution in [2.75, 3.05) is 6.61 Å². The van der Waals surface area contributed by atoms with E-state index in [2.05, 4.69) is 4.98 Å². The second kappa shape index (κ2) is 6.64. The summed E-state index contributed by atoms with van der Waals surface area (Å²) >= 11 is 0. The Bertz CT molecular complexity index is 464. The van der Waals surface area contributed by atoms with E-state index in [4.69, 9.17) is 4.74 Å². The Morgan fingerprint density at radius 2 is 2.05 bits per heavy atom. The average molecular weight is 303 g/mol. The van der Waals surface area contributed by atoms with Gasteiger partial charge in [0.15, 0.2) is 0 Å². The van der Waals surface area contributed by atoms with Gasteiger partial charge in [0.05, 0.1) is 24.8 Å². The topological polar surface area (TPSA) is 42.4 Å². The Labute approximate surface area is 122 Å². The first-order valence-corrected chi connectivity index (χ1v) is 7.26. The molecule has 0 aliphatic heterocycles. The van der Waals surface area contributed by atoms with Crippen LogP contribution in [0.15, 0.2) is 18.5 Å². The van der Waals surface area contributed by atoms with Crippen LogP contribution in [-0.4, -0.2) is 22.9 Å². The molecule has 1 aromatic rings. The van der Waals surface area contributed by atoms with Gasteiger partial charge in [0.1, 0.15) is 5.75 Å². The van der Waals surface area contributed by atoms with E-state index in [0.29, 0.717) is 37.2 Å². The molecule has 118 valence electrons. The molecule has 0 radical (unpaired) electrons. The number of pyridine rings is 1. The molecule has 0 spiro atoms. The molecule has 1 heterocycles. The van der Waals surface area contributed by atoms with Crippen LogP contribution in [0.3, 0.4) is 0 Å². The third-order valence-electron chi connectivity index (χ3n) is 4.03. The second-order valence-corrected chi connectivity index (χ2v) is 5.43. The van der Waals surface area contributed by atoms with Gasteiger partial charge in [-0.15, -0.1) is 0 Å². The van der Waals surface area contributed by atoms with Gasteiger partial charge < -0.3 is 9.84 Å². The van der Waals surface area contributed by atoms with Crippen molar-refractivity contribution in [3.8, 4) is 5.75 Å². The van der Waals surface area contributed by atoms with Crippen LogP contribution < -0.4 is 4.74 Å². The first-order valence-electron chi connectivity index (χ1n) is 7.26. The molecule has 21 heavy (non-hydrogen) atoms. The van der Waals surface area contributed by atoms with Gasteiger partial charge >= 0.3 is 6.18 Å². The van der Waals surface area contributed by atoms with Gasteiger partial charge in [-0.05, 0) is 25.8 Å². The highest BCUT2D eigenvalue weighted by atomic mass is 19.4. The number of halogens is 3. The maximum absolute atomic E-state index is 13.1. The van der Waals surface area contributed by atoms with Crippen molar-refractivity contribution in [1.82, 2.24) is 4.98 Å². The van der Waals surface area contributed by atoms with Crippen LogP contribution in [0.4, 0.5) is 13.2 Å². The van der Waals surface area contributed by atoms with E-state index < -0.39 is 24.1 Å². The smallest absolute Gasteiger partial charge is 0.392 e. The number of hydrogen-bond acceptors (Lipinski definition) is 3. The third kappa shape index (κ3) is 3.87. The molecule has 1 fully saturated rings. The van der Waals surface area contributed by atoms with Crippen LogP contribution in [0, 0.1) is 11.8 Å². The molecule has 3 atom stereocenters. The van der Waals surface area contributed by atoms with E-state index >= 15 is 0 Å². The van der Waals surface area contributed by atoms with E-state index in [9.17, 15) is 18.3 Å². The fourth-order valence-electron chi connectivity index (χ4n) is 3.03. The van der Waals surface area contributed by atoms with Gasteiger partial charge in [0, 0.05) is 17.7 Å². The second-order valence-electron chi connectivity index (χ2n) is 5.43. The normalized spacial score (nSPS) is 24.6. The molecule has 1 aliphatic rings. The Hall–Kier alpha value is -1.30. The molecule has 1 saturated carbocycles. The first-order chi connectivity index (χ1) is 9.93. The lowest BCUT2D eigenvalue weighted by Gasteiger charge is -2.36. The van der Waals surface area contributed by atoms with Gasteiger partial charge in [-0.25, -0.2) is 0 Å². The zero-order valence-corrected chi connectivity index (χ0v) is 11.9. The lowest BCUT2D eigenvalue weighted by atomic mass is 9.74.